The van der Waals surface area contributed by atoms with Gasteiger partial charge < -0.3 is 11.5 Å². The summed E-state index contributed by atoms with van der Waals surface area (Å²) in [5.74, 6) is 0.604. The monoisotopic (exact) mass is 199 g/mol. The predicted octanol–water partition coefficient (Wildman–Crippen LogP) is -0.763. The molecular formula is C8H17N5O. The van der Waals surface area contributed by atoms with Crippen molar-refractivity contribution in [2.24, 2.45) is 18.5 Å². The molecule has 1 aromatic heterocycles. The molecule has 0 saturated heterocycles. The van der Waals surface area contributed by atoms with E-state index in [0.29, 0.717) is 12.4 Å². The highest BCUT2D eigenvalue weighted by molar-refractivity contribution is 4.92. The topological polar surface area (TPSA) is 103 Å². The van der Waals surface area contributed by atoms with Gasteiger partial charge in [-0.2, -0.15) is 5.10 Å². The Hall–Kier alpha value is -1.14. The number of aromatic amines is 1. The van der Waals surface area contributed by atoms with Gasteiger partial charge in [-0.3, -0.25) is 4.57 Å². The lowest BCUT2D eigenvalue weighted by Crippen LogP contribution is -2.20. The third-order valence-electron chi connectivity index (χ3n) is 2.22. The lowest BCUT2D eigenvalue weighted by molar-refractivity contribution is 0.546. The lowest BCUT2D eigenvalue weighted by Gasteiger charge is -2.09. The molecule has 0 spiro atoms. The average Bonchev–Trinajstić information content (AvgIpc) is 2.48. The van der Waals surface area contributed by atoms with Gasteiger partial charge in [0.25, 0.3) is 0 Å². The Morgan fingerprint density at radius 2 is 2.29 bits per heavy atom. The first-order valence-corrected chi connectivity index (χ1v) is 4.73. The van der Waals surface area contributed by atoms with E-state index in [1.807, 2.05) is 0 Å². The van der Waals surface area contributed by atoms with Gasteiger partial charge in [-0.25, -0.2) is 9.89 Å². The maximum absolute atomic E-state index is 11.0. The van der Waals surface area contributed by atoms with E-state index in [2.05, 4.69) is 10.2 Å². The molecule has 0 aromatic carbocycles. The van der Waals surface area contributed by atoms with Crippen LogP contribution in [0.3, 0.4) is 0 Å². The van der Waals surface area contributed by atoms with Crippen LogP contribution in [0.2, 0.25) is 0 Å². The van der Waals surface area contributed by atoms with Gasteiger partial charge in [0.1, 0.15) is 5.82 Å². The highest BCUT2D eigenvalue weighted by Gasteiger charge is 2.12. The van der Waals surface area contributed by atoms with Gasteiger partial charge in [0.2, 0.25) is 0 Å². The second kappa shape index (κ2) is 4.92. The number of rotatable bonds is 5. The molecule has 0 aliphatic heterocycles. The lowest BCUT2D eigenvalue weighted by atomic mass is 10.1. The standard InChI is InChI=1S/C8H17N5O/c1-13-7(11-12-8(13)14)6(10)4-2-3-5-9/h6H,2-5,9-10H2,1H3,(H,12,14)/t6-/m0/s1. The van der Waals surface area contributed by atoms with Crippen LogP contribution in [0.5, 0.6) is 0 Å². The molecule has 6 heteroatoms. The van der Waals surface area contributed by atoms with Crippen LogP contribution in [0, 0.1) is 0 Å². The molecule has 0 unspecified atom stereocenters. The van der Waals surface area contributed by atoms with Gasteiger partial charge in [-0.05, 0) is 19.4 Å². The molecule has 5 N–H and O–H groups in total. The number of hydrogen-bond acceptors (Lipinski definition) is 4. The fraction of sp³-hybridized carbons (Fsp3) is 0.750. The van der Waals surface area contributed by atoms with Crippen molar-refractivity contribution >= 4 is 0 Å². The minimum Gasteiger partial charge on any atom is -0.330 e. The highest BCUT2D eigenvalue weighted by atomic mass is 16.1. The SMILES string of the molecule is Cn1c([C@@H](N)CCCCN)n[nH]c1=O. The predicted molar refractivity (Wildman–Crippen MR) is 53.7 cm³/mol. The summed E-state index contributed by atoms with van der Waals surface area (Å²) in [6.07, 6.45) is 2.71. The molecule has 0 aliphatic carbocycles. The zero-order chi connectivity index (χ0) is 10.6. The molecule has 0 radical (unpaired) electrons. The Bertz CT molecular complexity index is 329. The number of nitrogens with zero attached hydrogens (tertiary/aromatic N) is 2. The van der Waals surface area contributed by atoms with Crippen LogP contribution in [0.4, 0.5) is 0 Å². The Kier molecular flexibility index (Phi) is 3.84. The number of H-pyrrole nitrogens is 1. The second-order valence-electron chi connectivity index (χ2n) is 3.34. The average molecular weight is 199 g/mol. The summed E-state index contributed by atoms with van der Waals surface area (Å²) in [7, 11) is 1.66. The molecule has 0 fully saturated rings. The molecule has 0 amide bonds. The quantitative estimate of drug-likeness (QED) is 0.542. The Morgan fingerprint density at radius 3 is 2.79 bits per heavy atom. The highest BCUT2D eigenvalue weighted by Crippen LogP contribution is 2.11. The molecule has 0 saturated carbocycles. The molecule has 0 bridgehead atoms. The van der Waals surface area contributed by atoms with E-state index in [1.54, 1.807) is 7.05 Å². The first-order chi connectivity index (χ1) is 6.66. The summed E-state index contributed by atoms with van der Waals surface area (Å²) in [4.78, 5) is 11.0. The first kappa shape index (κ1) is 10.9. The van der Waals surface area contributed by atoms with E-state index in [1.165, 1.54) is 4.57 Å². The van der Waals surface area contributed by atoms with E-state index in [-0.39, 0.29) is 11.7 Å². The van der Waals surface area contributed by atoms with E-state index >= 15 is 0 Å². The van der Waals surface area contributed by atoms with Crippen LogP contribution >= 0.6 is 0 Å². The first-order valence-electron chi connectivity index (χ1n) is 4.73. The van der Waals surface area contributed by atoms with Crippen molar-refractivity contribution in [2.75, 3.05) is 6.54 Å². The van der Waals surface area contributed by atoms with Crippen molar-refractivity contribution in [3.8, 4) is 0 Å². The largest absolute Gasteiger partial charge is 0.343 e. The number of nitrogens with two attached hydrogens (primary N) is 2. The van der Waals surface area contributed by atoms with Crippen molar-refractivity contribution in [1.29, 1.82) is 0 Å². The molecule has 1 rings (SSSR count). The summed E-state index contributed by atoms with van der Waals surface area (Å²) in [6, 6.07) is -0.189. The van der Waals surface area contributed by atoms with Crippen molar-refractivity contribution in [3.05, 3.63) is 16.3 Å². The molecular weight excluding hydrogens is 182 g/mol. The molecule has 0 aliphatic rings. The smallest absolute Gasteiger partial charge is 0.330 e. The van der Waals surface area contributed by atoms with Crippen LogP contribution in [0.25, 0.3) is 0 Å². The molecule has 6 nitrogen and oxygen atoms in total. The number of unbranched alkanes of at least 4 members (excludes halogenated alkanes) is 1. The zero-order valence-electron chi connectivity index (χ0n) is 8.36. The Balaban J connectivity index is 2.56. The summed E-state index contributed by atoms with van der Waals surface area (Å²) in [5, 5.41) is 6.22. The van der Waals surface area contributed by atoms with Crippen molar-refractivity contribution < 1.29 is 0 Å². The van der Waals surface area contributed by atoms with E-state index < -0.39 is 0 Å². The van der Waals surface area contributed by atoms with E-state index in [0.717, 1.165) is 19.3 Å². The molecule has 80 valence electrons. The fourth-order valence-corrected chi connectivity index (χ4v) is 1.33. The Morgan fingerprint density at radius 1 is 1.57 bits per heavy atom. The van der Waals surface area contributed by atoms with Gasteiger partial charge in [0.15, 0.2) is 0 Å². The van der Waals surface area contributed by atoms with Gasteiger partial charge in [-0.1, -0.05) is 6.42 Å². The number of aromatic nitrogens is 3. The minimum atomic E-state index is -0.228. The second-order valence-corrected chi connectivity index (χ2v) is 3.34. The van der Waals surface area contributed by atoms with Crippen molar-refractivity contribution in [3.63, 3.8) is 0 Å². The summed E-state index contributed by atoms with van der Waals surface area (Å²) >= 11 is 0. The van der Waals surface area contributed by atoms with Gasteiger partial charge in [0, 0.05) is 7.05 Å². The molecule has 1 atom stereocenters. The zero-order valence-corrected chi connectivity index (χ0v) is 8.36. The van der Waals surface area contributed by atoms with Crippen LogP contribution in [0.15, 0.2) is 4.79 Å². The summed E-state index contributed by atoms with van der Waals surface area (Å²) in [5.41, 5.74) is 11.0. The van der Waals surface area contributed by atoms with Gasteiger partial charge in [-0.15, -0.1) is 0 Å². The molecule has 1 heterocycles. The maximum Gasteiger partial charge on any atom is 0.343 e. The van der Waals surface area contributed by atoms with E-state index in [9.17, 15) is 4.79 Å². The van der Waals surface area contributed by atoms with Crippen LogP contribution in [-0.4, -0.2) is 21.3 Å². The Labute approximate surface area is 82.3 Å². The summed E-state index contributed by atoms with van der Waals surface area (Å²) in [6.45, 7) is 0.673. The fourth-order valence-electron chi connectivity index (χ4n) is 1.33. The number of hydrogen-bond donors (Lipinski definition) is 3. The van der Waals surface area contributed by atoms with Crippen molar-refractivity contribution in [1.82, 2.24) is 14.8 Å². The van der Waals surface area contributed by atoms with Gasteiger partial charge >= 0.3 is 5.69 Å². The van der Waals surface area contributed by atoms with Crippen LogP contribution in [-0.2, 0) is 7.05 Å². The van der Waals surface area contributed by atoms with Crippen LogP contribution < -0.4 is 17.2 Å². The normalized spacial score (nSPS) is 13.1. The van der Waals surface area contributed by atoms with Crippen LogP contribution in [0.1, 0.15) is 31.1 Å². The van der Waals surface area contributed by atoms with E-state index in [4.69, 9.17) is 11.5 Å². The summed E-state index contributed by atoms with van der Waals surface area (Å²) < 4.78 is 1.44. The van der Waals surface area contributed by atoms with Crippen molar-refractivity contribution in [2.45, 2.75) is 25.3 Å². The third-order valence-corrected chi connectivity index (χ3v) is 2.22. The third kappa shape index (κ3) is 2.43. The van der Waals surface area contributed by atoms with Gasteiger partial charge in [0.05, 0.1) is 6.04 Å². The molecule has 1 aromatic rings. The number of nitrogens with one attached hydrogen (secondary N) is 1. The maximum atomic E-state index is 11.0. The minimum absolute atomic E-state index is 0.189. The molecule has 14 heavy (non-hydrogen) atoms.